The third-order valence-electron chi connectivity index (χ3n) is 5.28. The van der Waals surface area contributed by atoms with Crippen molar-refractivity contribution in [3.63, 3.8) is 0 Å². The molecule has 0 fully saturated rings. The molecule has 152 valence electrons. The smallest absolute Gasteiger partial charge is 0.341 e. The van der Waals surface area contributed by atoms with Gasteiger partial charge in [-0.25, -0.2) is 4.79 Å². The summed E-state index contributed by atoms with van der Waals surface area (Å²) in [7, 11) is 0. The zero-order chi connectivity index (χ0) is 21.1. The van der Waals surface area contributed by atoms with Gasteiger partial charge < -0.3 is 10.1 Å². The summed E-state index contributed by atoms with van der Waals surface area (Å²) in [6, 6.07) is 11.1. The third kappa shape index (κ3) is 3.91. The Morgan fingerprint density at radius 2 is 2.00 bits per heavy atom. The second-order valence-electron chi connectivity index (χ2n) is 7.30. The SMILES string of the molecule is C[C@@H](OC(=O)c1cccc2cccnc12)C(=O)Nc1sc2c(c1C#N)CCCCC2. The van der Waals surface area contributed by atoms with Crippen LogP contribution in [0.1, 0.15) is 52.5 Å². The quantitative estimate of drug-likeness (QED) is 0.492. The van der Waals surface area contributed by atoms with Crippen molar-refractivity contribution in [2.24, 2.45) is 0 Å². The maximum atomic E-state index is 12.7. The molecular formula is C23H21N3O3S. The van der Waals surface area contributed by atoms with Gasteiger partial charge in [-0.15, -0.1) is 11.3 Å². The highest BCUT2D eigenvalue weighted by Gasteiger charge is 2.25. The second kappa shape index (κ2) is 8.64. The minimum Gasteiger partial charge on any atom is -0.449 e. The maximum Gasteiger partial charge on any atom is 0.341 e. The first-order chi connectivity index (χ1) is 14.6. The van der Waals surface area contributed by atoms with Crippen molar-refractivity contribution in [3.8, 4) is 6.07 Å². The largest absolute Gasteiger partial charge is 0.449 e. The number of amides is 1. The van der Waals surface area contributed by atoms with E-state index in [0.717, 1.165) is 43.1 Å². The number of carbonyl (C=O) groups excluding carboxylic acids is 2. The molecule has 1 amide bonds. The van der Waals surface area contributed by atoms with Gasteiger partial charge in [0.2, 0.25) is 0 Å². The summed E-state index contributed by atoms with van der Waals surface area (Å²) in [4.78, 5) is 30.8. The minimum atomic E-state index is -1.01. The summed E-state index contributed by atoms with van der Waals surface area (Å²) in [6.45, 7) is 1.52. The molecular weight excluding hydrogens is 398 g/mol. The van der Waals surface area contributed by atoms with Crippen LogP contribution in [0.15, 0.2) is 36.5 Å². The average molecular weight is 420 g/mol. The van der Waals surface area contributed by atoms with Gasteiger partial charge in [-0.3, -0.25) is 9.78 Å². The molecule has 2 aromatic heterocycles. The van der Waals surface area contributed by atoms with Gasteiger partial charge in [0.1, 0.15) is 11.1 Å². The minimum absolute atomic E-state index is 0.313. The lowest BCUT2D eigenvalue weighted by molar-refractivity contribution is -0.123. The number of para-hydroxylation sites is 1. The van der Waals surface area contributed by atoms with Crippen LogP contribution in [0.25, 0.3) is 10.9 Å². The number of aryl methyl sites for hydroxylation is 1. The Morgan fingerprint density at radius 3 is 2.83 bits per heavy atom. The van der Waals surface area contributed by atoms with E-state index < -0.39 is 18.0 Å². The van der Waals surface area contributed by atoms with Crippen LogP contribution in [0.4, 0.5) is 5.00 Å². The van der Waals surface area contributed by atoms with E-state index in [2.05, 4.69) is 16.4 Å². The highest BCUT2D eigenvalue weighted by molar-refractivity contribution is 7.16. The van der Waals surface area contributed by atoms with Crippen LogP contribution >= 0.6 is 11.3 Å². The van der Waals surface area contributed by atoms with E-state index in [-0.39, 0.29) is 0 Å². The number of ether oxygens (including phenoxy) is 1. The lowest BCUT2D eigenvalue weighted by Crippen LogP contribution is -2.30. The van der Waals surface area contributed by atoms with E-state index in [9.17, 15) is 14.9 Å². The summed E-state index contributed by atoms with van der Waals surface area (Å²) in [5.41, 5.74) is 2.45. The van der Waals surface area contributed by atoms with E-state index in [1.165, 1.54) is 23.1 Å². The number of nitriles is 1. The number of anilines is 1. The zero-order valence-corrected chi connectivity index (χ0v) is 17.4. The van der Waals surface area contributed by atoms with E-state index in [1.54, 1.807) is 24.4 Å². The molecule has 1 atom stereocenters. The van der Waals surface area contributed by atoms with Gasteiger partial charge in [0.15, 0.2) is 6.10 Å². The monoisotopic (exact) mass is 419 g/mol. The topological polar surface area (TPSA) is 92.1 Å². The molecule has 4 rings (SSSR count). The van der Waals surface area contributed by atoms with Crippen LogP contribution in [-0.4, -0.2) is 23.0 Å². The summed E-state index contributed by atoms with van der Waals surface area (Å²) in [6.07, 6.45) is 5.71. The fraction of sp³-hybridized carbons (Fsp3) is 0.304. The Kier molecular flexibility index (Phi) is 5.77. The van der Waals surface area contributed by atoms with E-state index in [0.29, 0.717) is 21.6 Å². The van der Waals surface area contributed by atoms with Crippen LogP contribution in [0.2, 0.25) is 0 Å². The van der Waals surface area contributed by atoms with Crippen molar-refractivity contribution in [1.82, 2.24) is 4.98 Å². The first kappa shape index (κ1) is 20.0. The number of esters is 1. The molecule has 1 aromatic carbocycles. The van der Waals surface area contributed by atoms with Crippen LogP contribution in [-0.2, 0) is 22.4 Å². The number of hydrogen-bond donors (Lipinski definition) is 1. The zero-order valence-electron chi connectivity index (χ0n) is 16.6. The predicted octanol–water partition coefficient (Wildman–Crippen LogP) is 4.62. The van der Waals surface area contributed by atoms with Crippen molar-refractivity contribution in [3.05, 3.63) is 58.1 Å². The molecule has 0 saturated heterocycles. The molecule has 0 aliphatic heterocycles. The number of thiophene rings is 1. The van der Waals surface area contributed by atoms with Gasteiger partial charge >= 0.3 is 5.97 Å². The Morgan fingerprint density at radius 1 is 1.20 bits per heavy atom. The second-order valence-corrected chi connectivity index (χ2v) is 8.40. The highest BCUT2D eigenvalue weighted by atomic mass is 32.1. The van der Waals surface area contributed by atoms with E-state index >= 15 is 0 Å². The van der Waals surface area contributed by atoms with Crippen molar-refractivity contribution in [2.45, 2.75) is 45.1 Å². The van der Waals surface area contributed by atoms with Gasteiger partial charge in [-0.2, -0.15) is 5.26 Å². The van der Waals surface area contributed by atoms with Crippen molar-refractivity contribution < 1.29 is 14.3 Å². The lowest BCUT2D eigenvalue weighted by Gasteiger charge is -2.14. The Hall–Kier alpha value is -3.24. The molecule has 0 radical (unpaired) electrons. The fourth-order valence-corrected chi connectivity index (χ4v) is 4.95. The molecule has 6 nitrogen and oxygen atoms in total. The molecule has 2 heterocycles. The Balaban J connectivity index is 1.49. The number of aromatic nitrogens is 1. The van der Waals surface area contributed by atoms with Crippen LogP contribution in [0.3, 0.4) is 0 Å². The Bertz CT molecular complexity index is 1160. The van der Waals surface area contributed by atoms with E-state index in [4.69, 9.17) is 4.74 Å². The summed E-state index contributed by atoms with van der Waals surface area (Å²) >= 11 is 1.46. The molecule has 30 heavy (non-hydrogen) atoms. The number of carbonyl (C=O) groups is 2. The lowest BCUT2D eigenvalue weighted by atomic mass is 10.1. The Labute approximate surface area is 178 Å². The number of rotatable bonds is 4. The first-order valence-corrected chi connectivity index (χ1v) is 10.8. The predicted molar refractivity (Wildman–Crippen MR) is 116 cm³/mol. The normalized spacial score (nSPS) is 14.3. The van der Waals surface area contributed by atoms with Gasteiger partial charge in [-0.05, 0) is 50.3 Å². The summed E-state index contributed by atoms with van der Waals surface area (Å²) < 4.78 is 5.40. The maximum absolute atomic E-state index is 12.7. The van der Waals surface area contributed by atoms with Crippen LogP contribution < -0.4 is 5.32 Å². The number of benzene rings is 1. The molecule has 0 saturated carbocycles. The molecule has 0 bridgehead atoms. The molecule has 0 unspecified atom stereocenters. The number of nitrogens with zero attached hydrogens (tertiary/aromatic N) is 2. The van der Waals surface area contributed by atoms with Crippen molar-refractivity contribution >= 4 is 39.1 Å². The van der Waals surface area contributed by atoms with Gasteiger partial charge in [0.05, 0.1) is 16.6 Å². The van der Waals surface area contributed by atoms with Crippen molar-refractivity contribution in [2.75, 3.05) is 5.32 Å². The number of fused-ring (bicyclic) bond motifs is 2. The average Bonchev–Trinajstić information content (AvgIpc) is 2.91. The fourth-order valence-electron chi connectivity index (χ4n) is 3.71. The van der Waals surface area contributed by atoms with E-state index in [1.807, 2.05) is 12.1 Å². The summed E-state index contributed by atoms with van der Waals surface area (Å²) in [5.74, 6) is -1.06. The summed E-state index contributed by atoms with van der Waals surface area (Å²) in [5, 5.41) is 13.8. The number of pyridine rings is 1. The van der Waals surface area contributed by atoms with Crippen LogP contribution in [0.5, 0.6) is 0 Å². The molecule has 7 heteroatoms. The third-order valence-corrected chi connectivity index (χ3v) is 6.48. The van der Waals surface area contributed by atoms with Gasteiger partial charge in [0.25, 0.3) is 5.91 Å². The van der Waals surface area contributed by atoms with Crippen molar-refractivity contribution in [1.29, 1.82) is 5.26 Å². The molecule has 3 aromatic rings. The van der Waals surface area contributed by atoms with Gasteiger partial charge in [0, 0.05) is 16.5 Å². The number of nitrogens with one attached hydrogen (secondary N) is 1. The van der Waals surface area contributed by atoms with Crippen LogP contribution in [0, 0.1) is 11.3 Å². The van der Waals surface area contributed by atoms with Gasteiger partial charge in [-0.1, -0.05) is 24.6 Å². The number of hydrogen-bond acceptors (Lipinski definition) is 6. The molecule has 1 aliphatic rings. The highest BCUT2D eigenvalue weighted by Crippen LogP contribution is 2.37. The molecule has 0 spiro atoms. The molecule has 1 N–H and O–H groups in total. The standard InChI is InChI=1S/C23H21N3O3S/c1-14(29-23(28)17-10-5-7-15-8-6-12-25-20(15)17)21(27)26-22-18(13-24)16-9-3-2-4-11-19(16)30-22/h5-8,10,12,14H,2-4,9,11H2,1H3,(H,26,27)/t14-/m1/s1. The first-order valence-electron chi connectivity index (χ1n) is 9.98. The molecule has 1 aliphatic carbocycles.